The van der Waals surface area contributed by atoms with E-state index >= 15 is 0 Å². The molecular weight excluding hydrogens is 546 g/mol. The Kier molecular flexibility index (Phi) is 10.8. The van der Waals surface area contributed by atoms with Crippen LogP contribution >= 0.6 is 11.6 Å². The minimum Gasteiger partial charge on any atom is -0.352 e. The Labute approximate surface area is 243 Å². The number of nitrogens with one attached hydrogen (secondary N) is 1. The van der Waals surface area contributed by atoms with Crippen LogP contribution in [0, 0.1) is 6.92 Å². The number of sulfonamides is 1. The van der Waals surface area contributed by atoms with Crippen LogP contribution in [0.15, 0.2) is 77.7 Å². The summed E-state index contributed by atoms with van der Waals surface area (Å²) in [6.07, 6.45) is 1.30. The number of carbonyl (C=O) groups excluding carboxylic acids is 2. The molecule has 0 aliphatic heterocycles. The molecule has 0 heterocycles. The molecule has 1 N–H and O–H groups in total. The number of nitrogens with zero attached hydrogens (tertiary/aromatic N) is 2. The third kappa shape index (κ3) is 7.43. The van der Waals surface area contributed by atoms with Gasteiger partial charge in [-0.3, -0.25) is 13.9 Å². The molecule has 0 aliphatic rings. The Bertz CT molecular complexity index is 1430. The van der Waals surface area contributed by atoms with Gasteiger partial charge in [-0.25, -0.2) is 8.42 Å². The first-order valence-electron chi connectivity index (χ1n) is 13.5. The Morgan fingerprint density at radius 1 is 0.900 bits per heavy atom. The second-order valence-corrected chi connectivity index (χ2v) is 12.2. The summed E-state index contributed by atoms with van der Waals surface area (Å²) >= 11 is 6.43. The predicted molar refractivity (Wildman–Crippen MR) is 161 cm³/mol. The van der Waals surface area contributed by atoms with Gasteiger partial charge in [0.15, 0.2) is 0 Å². The van der Waals surface area contributed by atoms with Crippen molar-refractivity contribution in [1.29, 1.82) is 0 Å². The molecule has 9 heteroatoms. The lowest BCUT2D eigenvalue weighted by atomic mass is 10.1. The summed E-state index contributed by atoms with van der Waals surface area (Å²) in [5.74, 6) is -0.843. The summed E-state index contributed by atoms with van der Waals surface area (Å²) in [6.45, 7) is 8.86. The topological polar surface area (TPSA) is 86.8 Å². The van der Waals surface area contributed by atoms with Gasteiger partial charge in [-0.1, -0.05) is 79.5 Å². The van der Waals surface area contributed by atoms with Gasteiger partial charge in [-0.05, 0) is 69.0 Å². The van der Waals surface area contributed by atoms with Crippen LogP contribution in [0.3, 0.4) is 0 Å². The summed E-state index contributed by atoms with van der Waals surface area (Å²) in [5, 5.41) is 3.39. The number of carbonyl (C=O) groups is 2. The molecule has 0 radical (unpaired) electrons. The number of anilines is 1. The van der Waals surface area contributed by atoms with Crippen molar-refractivity contribution < 1.29 is 18.0 Å². The van der Waals surface area contributed by atoms with Gasteiger partial charge in [0.05, 0.1) is 10.6 Å². The van der Waals surface area contributed by atoms with Crippen LogP contribution in [0.25, 0.3) is 0 Å². The molecule has 0 spiro atoms. The summed E-state index contributed by atoms with van der Waals surface area (Å²) in [6, 6.07) is 19.8. The molecule has 2 amide bonds. The zero-order valence-electron chi connectivity index (χ0n) is 23.7. The van der Waals surface area contributed by atoms with Crippen molar-refractivity contribution in [2.45, 2.75) is 71.0 Å². The third-order valence-electron chi connectivity index (χ3n) is 7.00. The van der Waals surface area contributed by atoms with Gasteiger partial charge >= 0.3 is 0 Å². The van der Waals surface area contributed by atoms with E-state index in [1.165, 1.54) is 4.90 Å². The molecule has 0 unspecified atom stereocenters. The second kappa shape index (κ2) is 13.8. The highest BCUT2D eigenvalue weighted by molar-refractivity contribution is 7.92. The molecule has 0 saturated heterocycles. The molecule has 40 heavy (non-hydrogen) atoms. The summed E-state index contributed by atoms with van der Waals surface area (Å²) in [5.41, 5.74) is 2.78. The minimum atomic E-state index is -4.12. The van der Waals surface area contributed by atoms with E-state index in [9.17, 15) is 18.0 Å². The maximum absolute atomic E-state index is 14.1. The molecule has 3 aromatic rings. The smallest absolute Gasteiger partial charge is 0.264 e. The highest BCUT2D eigenvalue weighted by Gasteiger charge is 2.33. The molecule has 0 bridgehead atoms. The first-order chi connectivity index (χ1) is 19.0. The van der Waals surface area contributed by atoms with Gasteiger partial charge in [0.2, 0.25) is 11.8 Å². The van der Waals surface area contributed by atoms with Crippen molar-refractivity contribution in [3.8, 4) is 0 Å². The number of aryl methyl sites for hydroxylation is 2. The zero-order chi connectivity index (χ0) is 29.4. The van der Waals surface area contributed by atoms with E-state index < -0.39 is 28.5 Å². The van der Waals surface area contributed by atoms with E-state index in [4.69, 9.17) is 11.6 Å². The van der Waals surface area contributed by atoms with Gasteiger partial charge in [-0.15, -0.1) is 0 Å². The lowest BCUT2D eigenvalue weighted by Crippen LogP contribution is -2.52. The molecule has 3 aromatic carbocycles. The third-order valence-corrected chi connectivity index (χ3v) is 9.14. The first-order valence-corrected chi connectivity index (χ1v) is 15.3. The van der Waals surface area contributed by atoms with Crippen LogP contribution in [-0.4, -0.2) is 43.8 Å². The summed E-state index contributed by atoms with van der Waals surface area (Å²) < 4.78 is 29.2. The quantitative estimate of drug-likeness (QED) is 0.295. The van der Waals surface area contributed by atoms with Crippen LogP contribution < -0.4 is 9.62 Å². The SMILES string of the molecule is CCc1ccccc1N(CC(=O)N(Cc1ccccc1Cl)[C@@H](C)C(=O)N[C@H](C)CC)S(=O)(=O)c1ccc(C)cc1. The maximum atomic E-state index is 14.1. The second-order valence-electron chi connectivity index (χ2n) is 9.91. The van der Waals surface area contributed by atoms with E-state index in [1.807, 2.05) is 39.8 Å². The van der Waals surface area contributed by atoms with Crippen LogP contribution in [-0.2, 0) is 32.6 Å². The van der Waals surface area contributed by atoms with Gasteiger partial charge in [0.1, 0.15) is 12.6 Å². The van der Waals surface area contributed by atoms with Crippen LogP contribution in [0.2, 0.25) is 5.02 Å². The molecule has 0 saturated carbocycles. The van der Waals surface area contributed by atoms with E-state index in [1.54, 1.807) is 67.6 Å². The fourth-order valence-electron chi connectivity index (χ4n) is 4.26. The van der Waals surface area contributed by atoms with Crippen molar-refractivity contribution in [2.24, 2.45) is 0 Å². The maximum Gasteiger partial charge on any atom is 0.264 e. The average Bonchev–Trinajstić information content (AvgIpc) is 2.95. The van der Waals surface area contributed by atoms with Gasteiger partial charge in [0, 0.05) is 17.6 Å². The monoisotopic (exact) mass is 583 g/mol. The lowest BCUT2D eigenvalue weighted by molar-refractivity contribution is -0.139. The largest absolute Gasteiger partial charge is 0.352 e. The number of hydrogen-bond donors (Lipinski definition) is 1. The fraction of sp³-hybridized carbons (Fsp3) is 0.355. The number of para-hydroxylation sites is 1. The summed E-state index contributed by atoms with van der Waals surface area (Å²) in [4.78, 5) is 28.7. The predicted octanol–water partition coefficient (Wildman–Crippen LogP) is 5.74. The van der Waals surface area contributed by atoms with E-state index in [2.05, 4.69) is 5.32 Å². The molecule has 0 aliphatic carbocycles. The Morgan fingerprint density at radius 3 is 2.10 bits per heavy atom. The standard InChI is InChI=1S/C31H38ClN3O4S/c1-6-23(4)33-31(37)24(5)34(20-26-13-8-10-14-28(26)32)30(36)21-35(29-15-11-9-12-25(29)7-2)40(38,39)27-18-16-22(3)17-19-27/h8-19,23-24H,6-7,20-21H2,1-5H3,(H,33,37)/t23-,24+/m1/s1. The van der Waals surface area contributed by atoms with Crippen molar-refractivity contribution in [1.82, 2.24) is 10.2 Å². The molecular formula is C31H38ClN3O4S. The highest BCUT2D eigenvalue weighted by atomic mass is 35.5. The minimum absolute atomic E-state index is 0.0431. The zero-order valence-corrected chi connectivity index (χ0v) is 25.3. The van der Waals surface area contributed by atoms with Crippen molar-refractivity contribution in [3.63, 3.8) is 0 Å². The number of rotatable bonds is 12. The molecule has 214 valence electrons. The van der Waals surface area contributed by atoms with Gasteiger partial charge in [0.25, 0.3) is 10.0 Å². The number of hydrogen-bond acceptors (Lipinski definition) is 4. The Morgan fingerprint density at radius 2 is 1.50 bits per heavy atom. The molecule has 0 fully saturated rings. The molecule has 3 rings (SSSR count). The fourth-order valence-corrected chi connectivity index (χ4v) is 5.91. The number of halogens is 1. The van der Waals surface area contributed by atoms with Gasteiger partial charge < -0.3 is 10.2 Å². The van der Waals surface area contributed by atoms with E-state index in [0.717, 1.165) is 21.9 Å². The van der Waals surface area contributed by atoms with Gasteiger partial charge in [-0.2, -0.15) is 0 Å². The van der Waals surface area contributed by atoms with E-state index in [0.29, 0.717) is 22.7 Å². The summed E-state index contributed by atoms with van der Waals surface area (Å²) in [7, 11) is -4.12. The van der Waals surface area contributed by atoms with Crippen molar-refractivity contribution >= 4 is 39.1 Å². The highest BCUT2D eigenvalue weighted by Crippen LogP contribution is 2.29. The Hall–Kier alpha value is -3.36. The molecule has 2 atom stereocenters. The lowest BCUT2D eigenvalue weighted by Gasteiger charge is -2.33. The first kappa shape index (κ1) is 31.2. The number of amides is 2. The average molecular weight is 584 g/mol. The van der Waals surface area contributed by atoms with Crippen LogP contribution in [0.4, 0.5) is 5.69 Å². The van der Waals surface area contributed by atoms with E-state index in [-0.39, 0.29) is 23.4 Å². The molecule has 0 aromatic heterocycles. The molecule has 7 nitrogen and oxygen atoms in total. The number of benzene rings is 3. The van der Waals surface area contributed by atoms with Crippen molar-refractivity contribution in [2.75, 3.05) is 10.8 Å². The van der Waals surface area contributed by atoms with Crippen molar-refractivity contribution in [3.05, 3.63) is 94.5 Å². The van der Waals surface area contributed by atoms with Crippen LogP contribution in [0.5, 0.6) is 0 Å². The Balaban J connectivity index is 2.07. The van der Waals surface area contributed by atoms with Crippen LogP contribution in [0.1, 0.15) is 50.8 Å². The normalized spacial score (nSPS) is 12.8.